The van der Waals surface area contributed by atoms with Crippen molar-refractivity contribution in [2.24, 2.45) is 11.7 Å². The normalized spacial score (nSPS) is 14.1. The smallest absolute Gasteiger partial charge is 0.251 e. The fraction of sp³-hybridized carbons (Fsp3) is 0.257. The van der Waals surface area contributed by atoms with Gasteiger partial charge in [-0.2, -0.15) is 0 Å². The lowest BCUT2D eigenvalue weighted by Gasteiger charge is -2.19. The van der Waals surface area contributed by atoms with Crippen LogP contribution in [0.1, 0.15) is 65.2 Å². The summed E-state index contributed by atoms with van der Waals surface area (Å²) in [4.78, 5) is 28.3. The number of amides is 1. The first kappa shape index (κ1) is 30.4. The van der Waals surface area contributed by atoms with Crippen molar-refractivity contribution in [1.82, 2.24) is 25.1 Å². The summed E-state index contributed by atoms with van der Waals surface area (Å²) in [7, 11) is 0. The molecule has 0 saturated heterocycles. The summed E-state index contributed by atoms with van der Waals surface area (Å²) in [5.41, 5.74) is 10.7. The number of nitrogens with zero attached hydrogens (tertiary/aromatic N) is 5. The monoisotopic (exact) mass is 649 g/mol. The third-order valence-electron chi connectivity index (χ3n) is 8.09. The Labute approximate surface area is 274 Å². The van der Waals surface area contributed by atoms with Gasteiger partial charge in [-0.3, -0.25) is 14.8 Å². The molecule has 0 saturated carbocycles. The summed E-state index contributed by atoms with van der Waals surface area (Å²) >= 11 is 1.49. The molecule has 1 amide bonds. The predicted molar refractivity (Wildman–Crippen MR) is 178 cm³/mol. The van der Waals surface area contributed by atoms with Crippen LogP contribution in [0.4, 0.5) is 10.2 Å². The van der Waals surface area contributed by atoms with Crippen LogP contribution in [-0.4, -0.2) is 31.1 Å². The molecule has 238 valence electrons. The zero-order valence-electron chi connectivity index (χ0n) is 26.1. The maximum absolute atomic E-state index is 13.6. The lowest BCUT2D eigenvalue weighted by atomic mass is 9.92. The largest absolute Gasteiger partial charge is 0.487 e. The van der Waals surface area contributed by atoms with Crippen LogP contribution in [0.5, 0.6) is 5.75 Å². The number of pyridine rings is 3. The van der Waals surface area contributed by atoms with Crippen molar-refractivity contribution in [2.75, 3.05) is 5.32 Å². The lowest BCUT2D eigenvalue weighted by molar-refractivity contribution is 0.0999. The maximum atomic E-state index is 13.6. The second-order valence-corrected chi connectivity index (χ2v) is 13.0. The van der Waals surface area contributed by atoms with E-state index in [1.165, 1.54) is 29.0 Å². The standard InChI is InChI=1S/C35H32FN7O3S/c1-18(2)15-26-29(33(37)44)31(30(35-43-42-19(3)46-35)27(40-26)17-45-22-8-6-21(36)7-9-22)28-16-20-12-14-39-34(32(20)47-28)41-25-11-10-24-23(25)5-4-13-38-24/h4-9,12-14,16,18,25H,10-11,15,17H2,1-3H3,(H2,37,44)(H,39,41). The Hall–Kier alpha value is -5.23. The molecule has 7 rings (SSSR count). The van der Waals surface area contributed by atoms with Crippen molar-refractivity contribution >= 4 is 33.1 Å². The number of fused-ring (bicyclic) bond motifs is 2. The summed E-state index contributed by atoms with van der Waals surface area (Å²) < 4.78 is 26.6. The first-order valence-electron chi connectivity index (χ1n) is 15.4. The van der Waals surface area contributed by atoms with Gasteiger partial charge >= 0.3 is 0 Å². The number of thiophene rings is 1. The first-order chi connectivity index (χ1) is 22.7. The second-order valence-electron chi connectivity index (χ2n) is 11.9. The summed E-state index contributed by atoms with van der Waals surface area (Å²) in [5, 5.41) is 13.0. The zero-order chi connectivity index (χ0) is 32.7. The van der Waals surface area contributed by atoms with Gasteiger partial charge < -0.3 is 20.2 Å². The average molecular weight is 650 g/mol. The fourth-order valence-corrected chi connectivity index (χ4v) is 7.23. The third-order valence-corrected chi connectivity index (χ3v) is 9.26. The van der Waals surface area contributed by atoms with Crippen LogP contribution in [0.15, 0.2) is 65.3 Å². The van der Waals surface area contributed by atoms with Crippen LogP contribution < -0.4 is 15.8 Å². The summed E-state index contributed by atoms with van der Waals surface area (Å²) in [6.07, 6.45) is 5.90. The van der Waals surface area contributed by atoms with Gasteiger partial charge in [0.1, 0.15) is 24.0 Å². The second kappa shape index (κ2) is 12.5. The number of nitrogens with two attached hydrogens (primary N) is 1. The van der Waals surface area contributed by atoms with E-state index >= 15 is 0 Å². The van der Waals surface area contributed by atoms with Crippen LogP contribution in [0.2, 0.25) is 0 Å². The zero-order valence-corrected chi connectivity index (χ0v) is 26.9. The topological polar surface area (TPSA) is 142 Å². The maximum Gasteiger partial charge on any atom is 0.251 e. The van der Waals surface area contributed by atoms with Crippen LogP contribution in [0.25, 0.3) is 32.0 Å². The number of benzene rings is 1. The van der Waals surface area contributed by atoms with E-state index in [-0.39, 0.29) is 30.3 Å². The number of primary amides is 1. The van der Waals surface area contributed by atoms with E-state index < -0.39 is 5.91 Å². The van der Waals surface area contributed by atoms with Gasteiger partial charge in [-0.15, -0.1) is 21.5 Å². The minimum absolute atomic E-state index is 0.00604. The molecule has 1 aliphatic carbocycles. The number of hydrogen-bond donors (Lipinski definition) is 2. The molecule has 6 aromatic rings. The highest BCUT2D eigenvalue weighted by Gasteiger charge is 2.30. The molecule has 0 bridgehead atoms. The van der Waals surface area contributed by atoms with Crippen LogP contribution >= 0.6 is 11.3 Å². The highest BCUT2D eigenvalue weighted by molar-refractivity contribution is 7.23. The summed E-state index contributed by atoms with van der Waals surface area (Å²) in [6, 6.07) is 13.9. The van der Waals surface area contributed by atoms with E-state index in [4.69, 9.17) is 24.9 Å². The molecule has 0 aliphatic heterocycles. The number of carbonyl (C=O) groups is 1. The molecule has 0 radical (unpaired) electrons. The molecule has 1 aliphatic rings. The number of halogens is 1. The SMILES string of the molecule is Cc1nnc(-c2c(COc3ccc(F)cc3)nc(CC(C)C)c(C(N)=O)c2-c2cc3ccnc(NC4CCc5ncccc54)c3s2)o1. The number of aryl methyl sites for hydroxylation is 2. The minimum Gasteiger partial charge on any atom is -0.487 e. The van der Waals surface area contributed by atoms with Crippen LogP contribution in [-0.2, 0) is 19.4 Å². The molecule has 1 aromatic carbocycles. The Kier molecular flexibility index (Phi) is 8.10. The fourth-order valence-electron chi connectivity index (χ4n) is 6.07. The number of carbonyl (C=O) groups excluding carboxylic acids is 1. The molecule has 1 atom stereocenters. The Bertz CT molecular complexity index is 2110. The Morgan fingerprint density at radius 3 is 2.68 bits per heavy atom. The number of rotatable bonds is 10. The third kappa shape index (κ3) is 6.03. The van der Waals surface area contributed by atoms with Crippen LogP contribution in [0.3, 0.4) is 0 Å². The van der Waals surface area contributed by atoms with Gasteiger partial charge in [-0.1, -0.05) is 19.9 Å². The van der Waals surface area contributed by atoms with Gasteiger partial charge in [0.15, 0.2) is 0 Å². The van der Waals surface area contributed by atoms with Crippen molar-refractivity contribution in [3.05, 3.63) is 101 Å². The highest BCUT2D eigenvalue weighted by atomic mass is 32.1. The van der Waals surface area contributed by atoms with Gasteiger partial charge in [0.2, 0.25) is 11.8 Å². The van der Waals surface area contributed by atoms with E-state index in [1.807, 2.05) is 24.4 Å². The molecular formula is C35H32FN7O3S. The quantitative estimate of drug-likeness (QED) is 0.157. The van der Waals surface area contributed by atoms with Gasteiger partial charge in [-0.05, 0) is 78.6 Å². The molecule has 10 nitrogen and oxygen atoms in total. The number of ether oxygens (including phenoxy) is 1. The van der Waals surface area contributed by atoms with E-state index in [0.717, 1.165) is 39.3 Å². The average Bonchev–Trinajstić information content (AvgIpc) is 3.79. The molecule has 3 N–H and O–H groups in total. The van der Waals surface area contributed by atoms with Crippen molar-refractivity contribution in [3.63, 3.8) is 0 Å². The van der Waals surface area contributed by atoms with Gasteiger partial charge in [0.25, 0.3) is 5.91 Å². The highest BCUT2D eigenvalue weighted by Crippen LogP contribution is 2.45. The van der Waals surface area contributed by atoms with E-state index in [1.54, 1.807) is 25.3 Å². The molecule has 0 fully saturated rings. The van der Waals surface area contributed by atoms with Crippen molar-refractivity contribution in [1.29, 1.82) is 0 Å². The lowest BCUT2D eigenvalue weighted by Crippen LogP contribution is -2.20. The predicted octanol–water partition coefficient (Wildman–Crippen LogP) is 7.23. The number of hydrogen-bond acceptors (Lipinski definition) is 10. The van der Waals surface area contributed by atoms with E-state index in [0.29, 0.717) is 46.1 Å². The number of nitrogens with one attached hydrogen (secondary N) is 1. The molecule has 0 spiro atoms. The summed E-state index contributed by atoms with van der Waals surface area (Å²) in [5.74, 6) is 0.919. The van der Waals surface area contributed by atoms with Gasteiger partial charge in [-0.25, -0.2) is 9.37 Å². The van der Waals surface area contributed by atoms with E-state index in [2.05, 4.69) is 40.4 Å². The number of anilines is 1. The van der Waals surface area contributed by atoms with Gasteiger partial charge in [0.05, 0.1) is 33.3 Å². The number of aromatic nitrogens is 5. The molecule has 5 heterocycles. The molecule has 5 aromatic heterocycles. The molecule has 1 unspecified atom stereocenters. The molecular weight excluding hydrogens is 617 g/mol. The van der Waals surface area contributed by atoms with Crippen LogP contribution in [0, 0.1) is 18.7 Å². The van der Waals surface area contributed by atoms with Crippen molar-refractivity contribution < 1.29 is 18.3 Å². The van der Waals surface area contributed by atoms with Crippen molar-refractivity contribution in [2.45, 2.75) is 52.7 Å². The molecule has 12 heteroatoms. The Morgan fingerprint density at radius 2 is 1.94 bits per heavy atom. The minimum atomic E-state index is -0.615. The molecule has 47 heavy (non-hydrogen) atoms. The first-order valence-corrected chi connectivity index (χ1v) is 16.2. The summed E-state index contributed by atoms with van der Waals surface area (Å²) in [6.45, 7) is 5.79. The Balaban J connectivity index is 1.41. The van der Waals surface area contributed by atoms with Crippen molar-refractivity contribution in [3.8, 4) is 27.6 Å². The van der Waals surface area contributed by atoms with Gasteiger partial charge in [0, 0.05) is 35.5 Å². The Morgan fingerprint density at radius 1 is 1.11 bits per heavy atom. The van der Waals surface area contributed by atoms with E-state index in [9.17, 15) is 9.18 Å².